The van der Waals surface area contributed by atoms with E-state index in [1.807, 2.05) is 0 Å². The van der Waals surface area contributed by atoms with Crippen LogP contribution in [0.5, 0.6) is 0 Å². The zero-order valence-corrected chi connectivity index (χ0v) is 9.81. The molecular formula is C13H14Se. The fraction of sp³-hybridized carbons (Fsp3) is 0.385. The first-order chi connectivity index (χ1) is 6.92. The van der Waals surface area contributed by atoms with Gasteiger partial charge in [0.2, 0.25) is 0 Å². The molecule has 1 heteroatoms. The predicted molar refractivity (Wildman–Crippen MR) is 60.6 cm³/mol. The van der Waals surface area contributed by atoms with Crippen LogP contribution in [-0.2, 0) is 6.42 Å². The summed E-state index contributed by atoms with van der Waals surface area (Å²) in [6.07, 6.45) is 7.68. The summed E-state index contributed by atoms with van der Waals surface area (Å²) in [5, 5.41) is 0. The summed E-state index contributed by atoms with van der Waals surface area (Å²) in [6.45, 7) is 0. The fourth-order valence-corrected chi connectivity index (χ4v) is 5.91. The van der Waals surface area contributed by atoms with Crippen molar-refractivity contribution in [1.29, 1.82) is 0 Å². The van der Waals surface area contributed by atoms with E-state index in [0.29, 0.717) is 0 Å². The van der Waals surface area contributed by atoms with Gasteiger partial charge < -0.3 is 0 Å². The van der Waals surface area contributed by atoms with Gasteiger partial charge in [0.25, 0.3) is 0 Å². The Morgan fingerprint density at radius 1 is 1.14 bits per heavy atom. The Morgan fingerprint density at radius 3 is 2.64 bits per heavy atom. The van der Waals surface area contributed by atoms with Crippen molar-refractivity contribution >= 4 is 15.0 Å². The molecule has 1 aromatic rings. The molecule has 3 unspecified atom stereocenters. The third-order valence-corrected chi connectivity index (χ3v) is 6.47. The van der Waals surface area contributed by atoms with E-state index in [-0.39, 0.29) is 0 Å². The van der Waals surface area contributed by atoms with Crippen LogP contribution < -0.4 is 0 Å². The normalized spacial score (nSPS) is 33.9. The van der Waals surface area contributed by atoms with Crippen LogP contribution in [0.15, 0.2) is 42.5 Å². The predicted octanol–water partition coefficient (Wildman–Crippen LogP) is 3.10. The summed E-state index contributed by atoms with van der Waals surface area (Å²) in [4.78, 5) is 1.96. The van der Waals surface area contributed by atoms with E-state index in [4.69, 9.17) is 0 Å². The minimum absolute atomic E-state index is 0.870. The van der Waals surface area contributed by atoms with Gasteiger partial charge in [0, 0.05) is 0 Å². The third-order valence-electron chi connectivity index (χ3n) is 3.18. The Balaban J connectivity index is 1.72. The molecule has 0 aromatic heterocycles. The van der Waals surface area contributed by atoms with E-state index in [2.05, 4.69) is 42.5 Å². The number of benzene rings is 1. The molecule has 3 rings (SSSR count). The fourth-order valence-electron chi connectivity index (χ4n) is 2.44. The average Bonchev–Trinajstić information content (AvgIpc) is 2.81. The first-order valence-corrected chi connectivity index (χ1v) is 7.27. The average molecular weight is 249 g/mol. The standard InChI is InChI=1S/C13H14Se/c1-2-4-10(5-3-1)8-13-11-6-7-12(9-11)14-13/h1-7,11-13H,8-9H2. The Labute approximate surface area is 91.6 Å². The first kappa shape index (κ1) is 8.76. The molecule has 14 heavy (non-hydrogen) atoms. The van der Waals surface area contributed by atoms with E-state index in [9.17, 15) is 0 Å². The topological polar surface area (TPSA) is 0 Å². The summed E-state index contributed by atoms with van der Waals surface area (Å²) >= 11 is 0.870. The Morgan fingerprint density at radius 2 is 2.00 bits per heavy atom. The molecule has 1 aliphatic heterocycles. The molecule has 3 atom stereocenters. The van der Waals surface area contributed by atoms with Gasteiger partial charge in [-0.3, -0.25) is 0 Å². The van der Waals surface area contributed by atoms with Crippen molar-refractivity contribution in [3.05, 3.63) is 48.0 Å². The zero-order valence-electron chi connectivity index (χ0n) is 8.10. The Kier molecular flexibility index (Phi) is 2.23. The molecule has 0 nitrogen and oxygen atoms in total. The summed E-state index contributed by atoms with van der Waals surface area (Å²) in [7, 11) is 0. The van der Waals surface area contributed by atoms with Gasteiger partial charge in [-0.2, -0.15) is 0 Å². The van der Waals surface area contributed by atoms with Gasteiger partial charge in [0.1, 0.15) is 0 Å². The molecule has 0 saturated carbocycles. The van der Waals surface area contributed by atoms with Crippen molar-refractivity contribution in [1.82, 2.24) is 0 Å². The second-order valence-corrected chi connectivity index (χ2v) is 7.30. The quantitative estimate of drug-likeness (QED) is 0.558. The van der Waals surface area contributed by atoms with E-state index < -0.39 is 0 Å². The van der Waals surface area contributed by atoms with E-state index in [1.54, 1.807) is 0 Å². The summed E-state index contributed by atoms with van der Waals surface area (Å²) in [6, 6.07) is 11.0. The van der Waals surface area contributed by atoms with E-state index >= 15 is 0 Å². The van der Waals surface area contributed by atoms with Crippen molar-refractivity contribution < 1.29 is 0 Å². The van der Waals surface area contributed by atoms with Crippen molar-refractivity contribution in [2.24, 2.45) is 5.92 Å². The van der Waals surface area contributed by atoms with E-state index in [0.717, 1.165) is 30.5 Å². The number of allylic oxidation sites excluding steroid dienone is 2. The first-order valence-electron chi connectivity index (χ1n) is 5.29. The molecule has 0 amide bonds. The second-order valence-electron chi connectivity index (χ2n) is 4.19. The molecule has 0 radical (unpaired) electrons. The molecule has 1 fully saturated rings. The van der Waals surface area contributed by atoms with Gasteiger partial charge in [0.15, 0.2) is 0 Å². The maximum atomic E-state index is 2.46. The zero-order chi connectivity index (χ0) is 9.38. The molecule has 1 aliphatic carbocycles. The van der Waals surface area contributed by atoms with Crippen molar-refractivity contribution in [3.8, 4) is 0 Å². The Bertz CT molecular complexity index is 342. The van der Waals surface area contributed by atoms with Crippen LogP contribution in [0, 0.1) is 5.92 Å². The third kappa shape index (κ3) is 1.55. The molecular weight excluding hydrogens is 235 g/mol. The molecule has 1 heterocycles. The van der Waals surface area contributed by atoms with Gasteiger partial charge >= 0.3 is 91.4 Å². The van der Waals surface area contributed by atoms with Crippen LogP contribution in [0.25, 0.3) is 0 Å². The molecule has 72 valence electrons. The van der Waals surface area contributed by atoms with Gasteiger partial charge in [0.05, 0.1) is 0 Å². The molecule has 0 spiro atoms. The van der Waals surface area contributed by atoms with Crippen LogP contribution in [-0.4, -0.2) is 15.0 Å². The molecule has 2 bridgehead atoms. The monoisotopic (exact) mass is 250 g/mol. The van der Waals surface area contributed by atoms with Crippen molar-refractivity contribution in [3.63, 3.8) is 0 Å². The molecule has 1 aromatic carbocycles. The van der Waals surface area contributed by atoms with Gasteiger partial charge in [-0.05, 0) is 0 Å². The van der Waals surface area contributed by atoms with Crippen LogP contribution in [0.2, 0.25) is 9.63 Å². The van der Waals surface area contributed by atoms with Crippen molar-refractivity contribution in [2.75, 3.05) is 0 Å². The van der Waals surface area contributed by atoms with Crippen LogP contribution in [0.1, 0.15) is 12.0 Å². The minimum atomic E-state index is 0.870. The van der Waals surface area contributed by atoms with Gasteiger partial charge in [-0.1, -0.05) is 0 Å². The van der Waals surface area contributed by atoms with Gasteiger partial charge in [-0.25, -0.2) is 0 Å². The summed E-state index contributed by atoms with van der Waals surface area (Å²) in [5.74, 6) is 0.917. The number of rotatable bonds is 2. The van der Waals surface area contributed by atoms with Crippen LogP contribution in [0.3, 0.4) is 0 Å². The van der Waals surface area contributed by atoms with Crippen LogP contribution >= 0.6 is 0 Å². The molecule has 0 N–H and O–H groups in total. The summed E-state index contributed by atoms with van der Waals surface area (Å²) in [5.41, 5.74) is 1.53. The number of hydrogen-bond donors (Lipinski definition) is 0. The van der Waals surface area contributed by atoms with E-state index in [1.165, 1.54) is 18.4 Å². The van der Waals surface area contributed by atoms with Crippen molar-refractivity contribution in [2.45, 2.75) is 22.5 Å². The van der Waals surface area contributed by atoms with Crippen LogP contribution in [0.4, 0.5) is 0 Å². The maximum absolute atomic E-state index is 2.46. The molecule has 2 aliphatic rings. The molecule has 1 saturated heterocycles. The Hall–Kier alpha value is -0.521. The van der Waals surface area contributed by atoms with Gasteiger partial charge in [-0.15, -0.1) is 0 Å². The summed E-state index contributed by atoms with van der Waals surface area (Å²) < 4.78 is 0. The number of fused-ring (bicyclic) bond motifs is 2. The number of hydrogen-bond acceptors (Lipinski definition) is 0. The second kappa shape index (κ2) is 3.56. The SMILES string of the molecule is C1=CC2CC1[Se]C2Cc1ccccc1.